The lowest BCUT2D eigenvalue weighted by atomic mass is 9.87. The van der Waals surface area contributed by atoms with Crippen LogP contribution < -0.4 is 5.32 Å². The first kappa shape index (κ1) is 23.3. The van der Waals surface area contributed by atoms with E-state index in [4.69, 9.17) is 5.11 Å². The quantitative estimate of drug-likeness (QED) is 0.356. The molecule has 166 valence electrons. The standard InChI is InChI=1S/C24H23NO6S/c1-15(20-13-19(24(28)29)11-12-21(20)32(30)31)22(17-5-3-2-4-6-17)25-14-16-7-9-18(10-8-16)23(26)27/h2-13,15,22,25H,14H2,1H3,(H,26,27)(H,28,29)(H,30,31). The van der Waals surface area contributed by atoms with Gasteiger partial charge in [0.15, 0.2) is 11.1 Å². The predicted octanol–water partition coefficient (Wildman–Crippen LogP) is 4.30. The molecule has 0 heterocycles. The van der Waals surface area contributed by atoms with E-state index in [0.29, 0.717) is 12.1 Å². The summed E-state index contributed by atoms with van der Waals surface area (Å²) in [6.45, 7) is 2.29. The molecule has 3 rings (SSSR count). The molecule has 0 amide bonds. The van der Waals surface area contributed by atoms with Crippen LogP contribution in [0.25, 0.3) is 0 Å². The molecular weight excluding hydrogens is 430 g/mol. The highest BCUT2D eigenvalue weighted by Crippen LogP contribution is 2.34. The molecule has 0 saturated heterocycles. The van der Waals surface area contributed by atoms with Crippen LogP contribution in [0, 0.1) is 0 Å². The van der Waals surface area contributed by atoms with Gasteiger partial charge in [-0.15, -0.1) is 0 Å². The van der Waals surface area contributed by atoms with Crippen LogP contribution in [0.15, 0.2) is 77.7 Å². The van der Waals surface area contributed by atoms with Crippen LogP contribution in [0.1, 0.15) is 56.3 Å². The number of hydrogen-bond donors (Lipinski definition) is 4. The molecule has 0 aliphatic rings. The summed E-state index contributed by atoms with van der Waals surface area (Å²) in [7, 11) is 0. The predicted molar refractivity (Wildman–Crippen MR) is 120 cm³/mol. The number of carboxylic acid groups (broad SMARTS) is 2. The fraction of sp³-hybridized carbons (Fsp3) is 0.167. The summed E-state index contributed by atoms with van der Waals surface area (Å²) in [6, 6.07) is 19.9. The zero-order chi connectivity index (χ0) is 23.3. The molecule has 0 saturated carbocycles. The average molecular weight is 454 g/mol. The maximum atomic E-state index is 11.9. The average Bonchev–Trinajstić information content (AvgIpc) is 2.79. The molecule has 8 heteroatoms. The van der Waals surface area contributed by atoms with E-state index in [9.17, 15) is 23.5 Å². The number of rotatable bonds is 9. The highest BCUT2D eigenvalue weighted by atomic mass is 32.2. The van der Waals surface area contributed by atoms with E-state index in [1.807, 2.05) is 37.3 Å². The van der Waals surface area contributed by atoms with Crippen LogP contribution in [-0.2, 0) is 17.6 Å². The van der Waals surface area contributed by atoms with Crippen molar-refractivity contribution in [2.45, 2.75) is 30.3 Å². The van der Waals surface area contributed by atoms with E-state index in [-0.39, 0.29) is 28.0 Å². The lowest BCUT2D eigenvalue weighted by Gasteiger charge is -2.28. The molecule has 3 aromatic rings. The minimum absolute atomic E-state index is 0.0390. The highest BCUT2D eigenvalue weighted by molar-refractivity contribution is 7.79. The molecule has 0 fully saturated rings. The van der Waals surface area contributed by atoms with Gasteiger partial charge in [-0.05, 0) is 47.0 Å². The number of benzene rings is 3. The van der Waals surface area contributed by atoms with Crippen LogP contribution in [0.2, 0.25) is 0 Å². The first-order chi connectivity index (χ1) is 15.3. The Morgan fingerprint density at radius 2 is 1.50 bits per heavy atom. The fourth-order valence-electron chi connectivity index (χ4n) is 3.61. The normalized spacial score (nSPS) is 13.8. The molecule has 0 spiro atoms. The maximum Gasteiger partial charge on any atom is 0.335 e. The van der Waals surface area contributed by atoms with Crippen molar-refractivity contribution in [3.05, 3.63) is 101 Å². The lowest BCUT2D eigenvalue weighted by Crippen LogP contribution is -2.26. The van der Waals surface area contributed by atoms with Crippen molar-refractivity contribution in [3.63, 3.8) is 0 Å². The fourth-order valence-corrected chi connectivity index (χ4v) is 4.24. The van der Waals surface area contributed by atoms with Gasteiger partial charge >= 0.3 is 11.9 Å². The Kier molecular flexibility index (Phi) is 7.53. The van der Waals surface area contributed by atoms with Gasteiger partial charge in [0.2, 0.25) is 0 Å². The SMILES string of the molecule is CC(c1cc(C(=O)O)ccc1S(=O)O)C(NCc1ccc(C(=O)O)cc1)c1ccccc1. The summed E-state index contributed by atoms with van der Waals surface area (Å²) in [5.74, 6) is -2.46. The van der Waals surface area contributed by atoms with Gasteiger partial charge < -0.3 is 20.1 Å². The summed E-state index contributed by atoms with van der Waals surface area (Å²) in [6.07, 6.45) is 0. The summed E-state index contributed by atoms with van der Waals surface area (Å²) >= 11 is -2.28. The van der Waals surface area contributed by atoms with Gasteiger partial charge in [-0.2, -0.15) is 0 Å². The van der Waals surface area contributed by atoms with Crippen molar-refractivity contribution in [2.75, 3.05) is 0 Å². The number of aromatic carboxylic acids is 2. The van der Waals surface area contributed by atoms with Gasteiger partial charge in [-0.1, -0.05) is 49.4 Å². The first-order valence-electron chi connectivity index (χ1n) is 9.86. The Balaban J connectivity index is 1.96. The largest absolute Gasteiger partial charge is 0.478 e. The van der Waals surface area contributed by atoms with Gasteiger partial charge in [-0.25, -0.2) is 13.8 Å². The number of carbonyl (C=O) groups is 2. The van der Waals surface area contributed by atoms with E-state index in [2.05, 4.69) is 5.32 Å². The second-order valence-corrected chi connectivity index (χ2v) is 8.31. The van der Waals surface area contributed by atoms with Crippen LogP contribution in [0.3, 0.4) is 0 Å². The number of hydrogen-bond acceptors (Lipinski definition) is 4. The van der Waals surface area contributed by atoms with Crippen molar-refractivity contribution >= 4 is 23.0 Å². The van der Waals surface area contributed by atoms with Crippen LogP contribution in [0.5, 0.6) is 0 Å². The Morgan fingerprint density at radius 3 is 2.06 bits per heavy atom. The van der Waals surface area contributed by atoms with Crippen LogP contribution >= 0.6 is 0 Å². The molecule has 32 heavy (non-hydrogen) atoms. The van der Waals surface area contributed by atoms with E-state index in [1.165, 1.54) is 30.3 Å². The van der Waals surface area contributed by atoms with Gasteiger partial charge in [0.05, 0.1) is 16.0 Å². The zero-order valence-electron chi connectivity index (χ0n) is 17.3. The summed E-state index contributed by atoms with van der Waals surface area (Å²) in [4.78, 5) is 22.7. The third-order valence-electron chi connectivity index (χ3n) is 5.32. The molecule has 7 nitrogen and oxygen atoms in total. The van der Waals surface area contributed by atoms with Crippen molar-refractivity contribution in [2.24, 2.45) is 0 Å². The third-order valence-corrected chi connectivity index (χ3v) is 6.07. The van der Waals surface area contributed by atoms with Crippen LogP contribution in [-0.4, -0.2) is 30.9 Å². The van der Waals surface area contributed by atoms with Gasteiger partial charge in [-0.3, -0.25) is 0 Å². The van der Waals surface area contributed by atoms with Crippen molar-refractivity contribution in [3.8, 4) is 0 Å². The van der Waals surface area contributed by atoms with E-state index < -0.39 is 23.0 Å². The zero-order valence-corrected chi connectivity index (χ0v) is 18.1. The lowest BCUT2D eigenvalue weighted by molar-refractivity contribution is 0.0686. The molecule has 3 aromatic carbocycles. The second-order valence-electron chi connectivity index (χ2n) is 7.37. The van der Waals surface area contributed by atoms with E-state index >= 15 is 0 Å². The minimum Gasteiger partial charge on any atom is -0.478 e. The molecule has 0 aromatic heterocycles. The van der Waals surface area contributed by atoms with Gasteiger partial charge in [0.1, 0.15) is 0 Å². The molecule has 0 aliphatic carbocycles. The number of nitrogens with one attached hydrogen (secondary N) is 1. The molecule has 3 unspecified atom stereocenters. The van der Waals surface area contributed by atoms with Gasteiger partial charge in [0, 0.05) is 18.5 Å². The molecule has 0 aliphatic heterocycles. The van der Waals surface area contributed by atoms with Crippen molar-refractivity contribution < 1.29 is 28.6 Å². The second kappa shape index (κ2) is 10.3. The molecule has 0 bridgehead atoms. The first-order valence-corrected chi connectivity index (χ1v) is 11.0. The van der Waals surface area contributed by atoms with E-state index in [1.54, 1.807) is 12.1 Å². The Bertz CT molecular complexity index is 1130. The molecular formula is C24H23NO6S. The highest BCUT2D eigenvalue weighted by Gasteiger charge is 2.25. The smallest absolute Gasteiger partial charge is 0.335 e. The summed E-state index contributed by atoms with van der Waals surface area (Å²) in [5.41, 5.74) is 2.50. The Hall–Kier alpha value is -3.33. The minimum atomic E-state index is -2.28. The molecule has 0 radical (unpaired) electrons. The monoisotopic (exact) mass is 453 g/mol. The third kappa shape index (κ3) is 5.47. The van der Waals surface area contributed by atoms with Crippen LogP contribution in [0.4, 0.5) is 0 Å². The summed E-state index contributed by atoms with van der Waals surface area (Å²) < 4.78 is 21.7. The molecule has 4 N–H and O–H groups in total. The van der Waals surface area contributed by atoms with Crippen molar-refractivity contribution in [1.29, 1.82) is 0 Å². The van der Waals surface area contributed by atoms with Crippen molar-refractivity contribution in [1.82, 2.24) is 5.32 Å². The van der Waals surface area contributed by atoms with E-state index in [0.717, 1.165) is 11.1 Å². The Labute approximate surface area is 188 Å². The summed E-state index contributed by atoms with van der Waals surface area (Å²) in [5, 5.41) is 21.9. The molecule has 3 atom stereocenters. The topological polar surface area (TPSA) is 124 Å². The Morgan fingerprint density at radius 1 is 0.906 bits per heavy atom. The number of carboxylic acids is 2. The van der Waals surface area contributed by atoms with Gasteiger partial charge in [0.25, 0.3) is 0 Å². The maximum absolute atomic E-state index is 11.9.